The number of hydrogen-bond donors (Lipinski definition) is 1. The molecule has 0 saturated heterocycles. The molecule has 2 nitrogen and oxygen atoms in total. The van der Waals surface area contributed by atoms with Crippen molar-refractivity contribution >= 4 is 11.6 Å². The molecule has 0 amide bonds. The van der Waals surface area contributed by atoms with Gasteiger partial charge in [-0.15, -0.1) is 0 Å². The minimum absolute atomic E-state index is 0.335. The third kappa shape index (κ3) is 4.14. The average molecular weight is 308 g/mol. The van der Waals surface area contributed by atoms with Gasteiger partial charge in [-0.2, -0.15) is 0 Å². The normalized spacial score (nSPS) is 29.4. The Bertz CT molecular complexity index is 476. The molecule has 0 aromatic heterocycles. The maximum absolute atomic E-state index is 6.39. The van der Waals surface area contributed by atoms with Gasteiger partial charge in [0.1, 0.15) is 5.75 Å². The van der Waals surface area contributed by atoms with Crippen molar-refractivity contribution in [1.82, 2.24) is 5.32 Å². The Labute approximate surface area is 133 Å². The van der Waals surface area contributed by atoms with Crippen LogP contribution in [0.25, 0.3) is 0 Å². The van der Waals surface area contributed by atoms with Gasteiger partial charge in [0.25, 0.3) is 0 Å². The fourth-order valence-corrected chi connectivity index (χ4v) is 3.74. The standard InChI is InChI=1S/C18H26ClNO/c1-12-8-13(2)10-15(9-12)21-18-5-3-4-17(19)16(18)11-20-14-6-7-14/h3-5,12-15,20H,6-11H2,1-2H3. The largest absolute Gasteiger partial charge is 0.490 e. The van der Waals surface area contributed by atoms with E-state index in [2.05, 4.69) is 25.2 Å². The monoisotopic (exact) mass is 307 g/mol. The molecule has 2 saturated carbocycles. The summed E-state index contributed by atoms with van der Waals surface area (Å²) in [6.45, 7) is 5.48. The first kappa shape index (κ1) is 15.2. The summed E-state index contributed by atoms with van der Waals surface area (Å²) in [7, 11) is 0. The van der Waals surface area contributed by atoms with Crippen molar-refractivity contribution in [3.05, 3.63) is 28.8 Å². The second kappa shape index (κ2) is 6.58. The first-order valence-electron chi connectivity index (χ1n) is 8.29. The Morgan fingerprint density at radius 3 is 2.52 bits per heavy atom. The van der Waals surface area contributed by atoms with E-state index in [-0.39, 0.29) is 0 Å². The van der Waals surface area contributed by atoms with E-state index in [1.54, 1.807) is 0 Å². The van der Waals surface area contributed by atoms with E-state index in [9.17, 15) is 0 Å². The zero-order valence-corrected chi connectivity index (χ0v) is 13.8. The van der Waals surface area contributed by atoms with E-state index in [4.69, 9.17) is 16.3 Å². The second-order valence-corrected chi connectivity index (χ2v) is 7.44. The van der Waals surface area contributed by atoms with Crippen molar-refractivity contribution in [1.29, 1.82) is 0 Å². The third-order valence-electron chi connectivity index (χ3n) is 4.65. The molecule has 0 aliphatic heterocycles. The van der Waals surface area contributed by atoms with Gasteiger partial charge in [-0.05, 0) is 56.1 Å². The first-order valence-corrected chi connectivity index (χ1v) is 8.67. The van der Waals surface area contributed by atoms with E-state index in [1.807, 2.05) is 12.1 Å². The Kier molecular flexibility index (Phi) is 4.75. The summed E-state index contributed by atoms with van der Waals surface area (Å²) in [4.78, 5) is 0. The molecule has 2 aliphatic rings. The van der Waals surface area contributed by atoms with Gasteiger partial charge in [0, 0.05) is 23.2 Å². The fraction of sp³-hybridized carbons (Fsp3) is 0.667. The summed E-state index contributed by atoms with van der Waals surface area (Å²) in [5.41, 5.74) is 1.12. The number of benzene rings is 1. The van der Waals surface area contributed by atoms with E-state index in [0.717, 1.165) is 47.6 Å². The summed E-state index contributed by atoms with van der Waals surface area (Å²) in [5, 5.41) is 4.36. The van der Waals surface area contributed by atoms with Crippen molar-refractivity contribution in [3.63, 3.8) is 0 Å². The molecule has 2 aliphatic carbocycles. The molecule has 0 spiro atoms. The van der Waals surface area contributed by atoms with Gasteiger partial charge >= 0.3 is 0 Å². The summed E-state index contributed by atoms with van der Waals surface area (Å²) in [6.07, 6.45) is 6.56. The maximum Gasteiger partial charge on any atom is 0.125 e. The van der Waals surface area contributed by atoms with Gasteiger partial charge in [0.15, 0.2) is 0 Å². The lowest BCUT2D eigenvalue weighted by molar-refractivity contribution is 0.0999. The van der Waals surface area contributed by atoms with Crippen molar-refractivity contribution in [2.24, 2.45) is 11.8 Å². The highest BCUT2D eigenvalue weighted by Gasteiger charge is 2.26. The third-order valence-corrected chi connectivity index (χ3v) is 5.00. The molecule has 0 heterocycles. The van der Waals surface area contributed by atoms with Gasteiger partial charge in [-0.25, -0.2) is 0 Å². The van der Waals surface area contributed by atoms with Gasteiger partial charge in [0.2, 0.25) is 0 Å². The van der Waals surface area contributed by atoms with Gasteiger partial charge < -0.3 is 10.1 Å². The van der Waals surface area contributed by atoms with Crippen LogP contribution in [-0.2, 0) is 6.54 Å². The number of ether oxygens (including phenoxy) is 1. The Morgan fingerprint density at radius 1 is 1.14 bits per heavy atom. The number of nitrogens with one attached hydrogen (secondary N) is 1. The maximum atomic E-state index is 6.39. The lowest BCUT2D eigenvalue weighted by atomic mass is 9.82. The summed E-state index contributed by atoms with van der Waals surface area (Å²) in [6, 6.07) is 6.71. The molecular formula is C18H26ClNO. The number of halogens is 1. The Balaban J connectivity index is 1.69. The molecule has 3 heteroatoms. The summed E-state index contributed by atoms with van der Waals surface area (Å²) >= 11 is 6.39. The molecule has 2 atom stereocenters. The highest BCUT2D eigenvalue weighted by Crippen LogP contribution is 2.34. The van der Waals surface area contributed by atoms with Crippen LogP contribution in [0, 0.1) is 11.8 Å². The lowest BCUT2D eigenvalue weighted by Crippen LogP contribution is -2.29. The van der Waals surface area contributed by atoms with E-state index in [1.165, 1.54) is 19.3 Å². The molecule has 1 aromatic rings. The van der Waals surface area contributed by atoms with Crippen LogP contribution in [-0.4, -0.2) is 12.1 Å². The average Bonchev–Trinajstić information content (AvgIpc) is 3.21. The van der Waals surface area contributed by atoms with Crippen LogP contribution >= 0.6 is 11.6 Å². The van der Waals surface area contributed by atoms with E-state index < -0.39 is 0 Å². The second-order valence-electron chi connectivity index (χ2n) is 7.03. The quantitative estimate of drug-likeness (QED) is 0.844. The molecule has 1 N–H and O–H groups in total. The zero-order chi connectivity index (χ0) is 14.8. The van der Waals surface area contributed by atoms with Gasteiger partial charge in [0.05, 0.1) is 6.10 Å². The van der Waals surface area contributed by atoms with E-state index in [0.29, 0.717) is 12.1 Å². The van der Waals surface area contributed by atoms with Crippen molar-refractivity contribution < 1.29 is 4.74 Å². The highest BCUT2D eigenvalue weighted by molar-refractivity contribution is 6.31. The van der Waals surface area contributed by atoms with Gasteiger partial charge in [-0.1, -0.05) is 31.5 Å². The first-order chi connectivity index (χ1) is 10.1. The molecule has 0 radical (unpaired) electrons. The van der Waals surface area contributed by atoms with Crippen molar-refractivity contribution in [2.45, 2.75) is 64.6 Å². The van der Waals surface area contributed by atoms with E-state index >= 15 is 0 Å². The highest BCUT2D eigenvalue weighted by atomic mass is 35.5. The Hall–Kier alpha value is -0.730. The predicted octanol–water partition coefficient (Wildman–Crippen LogP) is 4.80. The summed E-state index contributed by atoms with van der Waals surface area (Å²) in [5.74, 6) is 2.49. The minimum atomic E-state index is 0.335. The topological polar surface area (TPSA) is 21.3 Å². The fourth-order valence-electron chi connectivity index (χ4n) is 3.50. The van der Waals surface area contributed by atoms with Crippen LogP contribution in [0.3, 0.4) is 0 Å². The van der Waals surface area contributed by atoms with Crippen LogP contribution in [0.2, 0.25) is 5.02 Å². The molecule has 116 valence electrons. The zero-order valence-electron chi connectivity index (χ0n) is 13.1. The minimum Gasteiger partial charge on any atom is -0.490 e. The van der Waals surface area contributed by atoms with Gasteiger partial charge in [-0.3, -0.25) is 0 Å². The molecule has 21 heavy (non-hydrogen) atoms. The summed E-state index contributed by atoms with van der Waals surface area (Å²) < 4.78 is 6.34. The molecular weight excluding hydrogens is 282 g/mol. The van der Waals surface area contributed by atoms with Crippen LogP contribution in [0.4, 0.5) is 0 Å². The van der Waals surface area contributed by atoms with Crippen LogP contribution in [0.1, 0.15) is 51.5 Å². The predicted molar refractivity (Wildman–Crippen MR) is 87.9 cm³/mol. The molecule has 1 aromatic carbocycles. The molecule has 2 unspecified atom stereocenters. The van der Waals surface area contributed by atoms with Crippen molar-refractivity contribution in [3.8, 4) is 5.75 Å². The Morgan fingerprint density at radius 2 is 1.86 bits per heavy atom. The number of rotatable bonds is 5. The molecule has 2 fully saturated rings. The number of hydrogen-bond acceptors (Lipinski definition) is 2. The molecule has 0 bridgehead atoms. The van der Waals surface area contributed by atoms with Crippen molar-refractivity contribution in [2.75, 3.05) is 0 Å². The van der Waals surface area contributed by atoms with Crippen LogP contribution in [0.15, 0.2) is 18.2 Å². The smallest absolute Gasteiger partial charge is 0.125 e. The van der Waals surface area contributed by atoms with Crippen LogP contribution in [0.5, 0.6) is 5.75 Å². The SMILES string of the molecule is CC1CC(C)CC(Oc2cccc(Cl)c2CNC2CC2)C1. The van der Waals surface area contributed by atoms with Crippen LogP contribution < -0.4 is 10.1 Å². The lowest BCUT2D eigenvalue weighted by Gasteiger charge is -2.32. The molecule has 3 rings (SSSR count).